The Morgan fingerprint density at radius 3 is 1.98 bits per heavy atom. The molecular formula is C33H48N4O5. The summed E-state index contributed by atoms with van der Waals surface area (Å²) >= 11 is 0. The zero-order valence-electron chi connectivity index (χ0n) is 26.6. The molecular weight excluding hydrogens is 532 g/mol. The minimum atomic E-state index is -1.16. The van der Waals surface area contributed by atoms with Crippen molar-refractivity contribution in [2.24, 2.45) is 5.73 Å². The van der Waals surface area contributed by atoms with Crippen LogP contribution in [0, 0.1) is 13.8 Å². The number of amides is 4. The maximum Gasteiger partial charge on any atom is 0.408 e. The summed E-state index contributed by atoms with van der Waals surface area (Å²) in [5, 5.41) is 5.72. The van der Waals surface area contributed by atoms with Gasteiger partial charge in [0, 0.05) is 17.6 Å². The molecule has 0 aromatic heterocycles. The molecule has 4 amide bonds. The zero-order chi connectivity index (χ0) is 31.8. The highest BCUT2D eigenvalue weighted by Gasteiger charge is 2.43. The Balaban J connectivity index is 2.70. The number of alkyl carbamates (subject to hydrolysis) is 1. The lowest BCUT2D eigenvalue weighted by Crippen LogP contribution is -2.59. The number of hydrogen-bond acceptors (Lipinski definition) is 5. The number of nitrogens with one attached hydrogen (secondary N) is 2. The molecule has 2 rings (SSSR count). The highest BCUT2D eigenvalue weighted by molar-refractivity contribution is 6.00. The first-order valence-corrected chi connectivity index (χ1v) is 14.6. The van der Waals surface area contributed by atoms with E-state index < -0.39 is 47.0 Å². The Morgan fingerprint density at radius 1 is 0.929 bits per heavy atom. The second-order valence-corrected chi connectivity index (χ2v) is 12.3. The number of rotatable bonds is 12. The molecule has 0 radical (unpaired) electrons. The van der Waals surface area contributed by atoms with Crippen LogP contribution >= 0.6 is 0 Å². The normalized spacial score (nSPS) is 13.1. The molecule has 0 fully saturated rings. The van der Waals surface area contributed by atoms with Gasteiger partial charge in [-0.1, -0.05) is 56.3 Å². The van der Waals surface area contributed by atoms with E-state index in [2.05, 4.69) is 10.6 Å². The van der Waals surface area contributed by atoms with Gasteiger partial charge in [0.2, 0.25) is 11.8 Å². The first-order chi connectivity index (χ1) is 19.5. The van der Waals surface area contributed by atoms with Crippen LogP contribution in [0.15, 0.2) is 42.5 Å². The molecule has 4 N–H and O–H groups in total. The van der Waals surface area contributed by atoms with Crippen molar-refractivity contribution < 1.29 is 23.9 Å². The van der Waals surface area contributed by atoms with Gasteiger partial charge in [-0.25, -0.2) is 4.79 Å². The molecule has 0 saturated heterocycles. The molecule has 230 valence electrons. The van der Waals surface area contributed by atoms with E-state index in [0.717, 1.165) is 23.1 Å². The van der Waals surface area contributed by atoms with E-state index in [1.54, 1.807) is 20.8 Å². The van der Waals surface area contributed by atoms with Crippen molar-refractivity contribution in [3.05, 3.63) is 64.7 Å². The first kappa shape index (κ1) is 34.3. The van der Waals surface area contributed by atoms with Crippen LogP contribution in [0.5, 0.6) is 0 Å². The number of anilines is 1. The number of carbonyl (C=O) groups is 4. The number of nitrogens with zero attached hydrogens (tertiary/aromatic N) is 1. The van der Waals surface area contributed by atoms with Crippen molar-refractivity contribution >= 4 is 29.5 Å². The van der Waals surface area contributed by atoms with Crippen molar-refractivity contribution in [3.8, 4) is 0 Å². The summed E-state index contributed by atoms with van der Waals surface area (Å²) in [6.45, 7) is 16.7. The van der Waals surface area contributed by atoms with E-state index in [9.17, 15) is 19.2 Å². The molecule has 2 aromatic rings. The number of hydrogen-bond donors (Lipinski definition) is 3. The van der Waals surface area contributed by atoms with Gasteiger partial charge >= 0.3 is 6.09 Å². The summed E-state index contributed by atoms with van der Waals surface area (Å²) in [7, 11) is 0. The van der Waals surface area contributed by atoms with Gasteiger partial charge in [0.05, 0.1) is 0 Å². The molecule has 2 aromatic carbocycles. The van der Waals surface area contributed by atoms with Crippen molar-refractivity contribution in [3.63, 3.8) is 0 Å². The van der Waals surface area contributed by atoms with Crippen LogP contribution in [0.2, 0.25) is 0 Å². The van der Waals surface area contributed by atoms with Gasteiger partial charge in [0.25, 0.3) is 5.91 Å². The standard InChI is InChI=1S/C33H48N4O5/c1-10-23-15-17-24(18-16-23)28(29(39)36-27-21(3)13-12-14-22(27)4)37(33(8,9)11-2)30(40)25(19-20-26(34)38)35-31(41)42-32(5,6)7/h12-18,25,28H,10-11,19-20H2,1-9H3,(H2,34,38)(H,35,41)(H,36,39). The quantitative estimate of drug-likeness (QED) is 0.295. The smallest absolute Gasteiger partial charge is 0.408 e. The van der Waals surface area contributed by atoms with Gasteiger partial charge in [-0.3, -0.25) is 14.4 Å². The average molecular weight is 581 g/mol. The third-order valence-corrected chi connectivity index (χ3v) is 7.36. The van der Waals surface area contributed by atoms with Crippen LogP contribution in [0.1, 0.15) is 96.0 Å². The Bertz CT molecular complexity index is 1240. The van der Waals surface area contributed by atoms with E-state index in [4.69, 9.17) is 10.5 Å². The largest absolute Gasteiger partial charge is 0.444 e. The van der Waals surface area contributed by atoms with E-state index in [1.165, 1.54) is 4.90 Å². The van der Waals surface area contributed by atoms with Gasteiger partial charge < -0.3 is 26.0 Å². The monoisotopic (exact) mass is 580 g/mol. The third-order valence-electron chi connectivity index (χ3n) is 7.36. The van der Waals surface area contributed by atoms with Crippen LogP contribution < -0.4 is 16.4 Å². The summed E-state index contributed by atoms with van der Waals surface area (Å²) in [6.07, 6.45) is 0.329. The number of ether oxygens (including phenoxy) is 1. The number of aryl methyl sites for hydroxylation is 3. The number of carbonyl (C=O) groups excluding carboxylic acids is 4. The number of primary amides is 1. The fraction of sp³-hybridized carbons (Fsp3) is 0.515. The van der Waals surface area contributed by atoms with Crippen LogP contribution in [0.25, 0.3) is 0 Å². The van der Waals surface area contributed by atoms with E-state index in [1.807, 2.05) is 84.0 Å². The summed E-state index contributed by atoms with van der Waals surface area (Å²) in [5.74, 6) is -1.52. The Kier molecular flexibility index (Phi) is 11.7. The Morgan fingerprint density at radius 2 is 1.50 bits per heavy atom. The lowest BCUT2D eigenvalue weighted by Gasteiger charge is -2.44. The second-order valence-electron chi connectivity index (χ2n) is 12.3. The van der Waals surface area contributed by atoms with Gasteiger partial charge in [0.15, 0.2) is 0 Å². The minimum Gasteiger partial charge on any atom is -0.444 e. The van der Waals surface area contributed by atoms with E-state index in [0.29, 0.717) is 17.7 Å². The molecule has 0 bridgehead atoms. The lowest BCUT2D eigenvalue weighted by atomic mass is 9.91. The Labute approximate surface area is 250 Å². The van der Waals surface area contributed by atoms with Crippen molar-refractivity contribution in [2.45, 2.75) is 111 Å². The number of para-hydroxylation sites is 1. The summed E-state index contributed by atoms with van der Waals surface area (Å²) in [4.78, 5) is 54.9. The van der Waals surface area contributed by atoms with Gasteiger partial charge in [-0.2, -0.15) is 0 Å². The highest BCUT2D eigenvalue weighted by Crippen LogP contribution is 2.34. The van der Waals surface area contributed by atoms with Gasteiger partial charge in [-0.05, 0) is 90.0 Å². The molecule has 0 aliphatic carbocycles. The molecule has 9 heteroatoms. The maximum absolute atomic E-state index is 14.5. The fourth-order valence-corrected chi connectivity index (χ4v) is 4.66. The molecule has 0 aliphatic heterocycles. The molecule has 9 nitrogen and oxygen atoms in total. The predicted molar refractivity (Wildman–Crippen MR) is 166 cm³/mol. The Hall–Kier alpha value is -3.88. The van der Waals surface area contributed by atoms with E-state index >= 15 is 0 Å². The summed E-state index contributed by atoms with van der Waals surface area (Å²) in [6, 6.07) is 11.1. The molecule has 0 aliphatic rings. The minimum absolute atomic E-state index is 0.0519. The van der Waals surface area contributed by atoms with Crippen molar-refractivity contribution in [1.29, 1.82) is 0 Å². The summed E-state index contributed by atoms with van der Waals surface area (Å²) in [5.41, 5.74) is 7.96. The van der Waals surface area contributed by atoms with E-state index in [-0.39, 0.29) is 12.8 Å². The van der Waals surface area contributed by atoms with Crippen LogP contribution in [-0.2, 0) is 25.5 Å². The third kappa shape index (κ3) is 9.33. The van der Waals surface area contributed by atoms with Crippen molar-refractivity contribution in [1.82, 2.24) is 10.2 Å². The predicted octanol–water partition coefficient (Wildman–Crippen LogP) is 5.72. The molecule has 0 saturated carbocycles. The SMILES string of the molecule is CCc1ccc(C(C(=O)Nc2c(C)cccc2C)N(C(=O)C(CCC(N)=O)NC(=O)OC(C)(C)C)C(C)(C)CC)cc1. The lowest BCUT2D eigenvalue weighted by molar-refractivity contribution is -0.148. The molecule has 0 heterocycles. The highest BCUT2D eigenvalue weighted by atomic mass is 16.6. The van der Waals surface area contributed by atoms with Crippen LogP contribution in [0.3, 0.4) is 0 Å². The zero-order valence-corrected chi connectivity index (χ0v) is 26.6. The maximum atomic E-state index is 14.5. The fourth-order valence-electron chi connectivity index (χ4n) is 4.66. The molecule has 42 heavy (non-hydrogen) atoms. The van der Waals surface area contributed by atoms with Crippen molar-refractivity contribution in [2.75, 3.05) is 5.32 Å². The average Bonchev–Trinajstić information content (AvgIpc) is 2.90. The second kappa shape index (κ2) is 14.3. The van der Waals surface area contributed by atoms with Crippen LogP contribution in [0.4, 0.5) is 10.5 Å². The number of benzene rings is 2. The first-order valence-electron chi connectivity index (χ1n) is 14.6. The van der Waals surface area contributed by atoms with Crippen LogP contribution in [-0.4, -0.2) is 45.9 Å². The molecule has 0 spiro atoms. The topological polar surface area (TPSA) is 131 Å². The summed E-state index contributed by atoms with van der Waals surface area (Å²) < 4.78 is 5.42. The molecule has 2 atom stereocenters. The molecule has 2 unspecified atom stereocenters. The number of nitrogens with two attached hydrogens (primary N) is 1. The van der Waals surface area contributed by atoms with Gasteiger partial charge in [-0.15, -0.1) is 0 Å². The van der Waals surface area contributed by atoms with Gasteiger partial charge in [0.1, 0.15) is 17.7 Å².